The molecule has 118 valence electrons. The Labute approximate surface area is 127 Å². The van der Waals surface area contributed by atoms with Crippen molar-refractivity contribution in [1.29, 1.82) is 0 Å². The van der Waals surface area contributed by atoms with Crippen LogP contribution in [0.2, 0.25) is 0 Å². The molecule has 1 amide bonds. The average molecular weight is 323 g/mol. The Morgan fingerprint density at radius 3 is 2.76 bits per heavy atom. The Balaban J connectivity index is 0.00000220. The lowest BCUT2D eigenvalue weighted by Crippen LogP contribution is -2.51. The number of benzene rings is 1. The molecule has 1 saturated heterocycles. The third kappa shape index (κ3) is 4.89. The van der Waals surface area contributed by atoms with Gasteiger partial charge in [-0.15, -0.1) is 12.4 Å². The van der Waals surface area contributed by atoms with E-state index in [2.05, 4.69) is 5.32 Å². The normalized spacial score (nSPS) is 19.0. The summed E-state index contributed by atoms with van der Waals surface area (Å²) in [6.45, 7) is 3.89. The molecule has 0 bridgehead atoms. The zero-order valence-corrected chi connectivity index (χ0v) is 12.4. The van der Waals surface area contributed by atoms with Gasteiger partial charge in [-0.1, -0.05) is 18.2 Å². The van der Waals surface area contributed by atoms with Crippen LogP contribution in [0.4, 0.5) is 13.2 Å². The molecule has 1 heterocycles. The lowest BCUT2D eigenvalue weighted by molar-refractivity contribution is -0.138. The van der Waals surface area contributed by atoms with E-state index in [4.69, 9.17) is 0 Å². The van der Waals surface area contributed by atoms with E-state index >= 15 is 0 Å². The third-order valence-corrected chi connectivity index (χ3v) is 3.33. The van der Waals surface area contributed by atoms with Gasteiger partial charge in [-0.3, -0.25) is 4.79 Å². The predicted molar refractivity (Wildman–Crippen MR) is 76.4 cm³/mol. The van der Waals surface area contributed by atoms with Crippen molar-refractivity contribution in [3.63, 3.8) is 0 Å². The molecular formula is C14H18ClF3N2O. The van der Waals surface area contributed by atoms with E-state index in [0.717, 1.165) is 18.7 Å². The van der Waals surface area contributed by atoms with Crippen molar-refractivity contribution in [2.45, 2.75) is 25.6 Å². The molecule has 0 saturated carbocycles. The maximum absolute atomic E-state index is 12.6. The minimum Gasteiger partial charge on any atom is -0.340 e. The van der Waals surface area contributed by atoms with Crippen molar-refractivity contribution in [3.8, 4) is 0 Å². The zero-order chi connectivity index (χ0) is 14.8. The average Bonchev–Trinajstić information content (AvgIpc) is 2.38. The summed E-state index contributed by atoms with van der Waals surface area (Å²) >= 11 is 0. The molecule has 1 atom stereocenters. The van der Waals surface area contributed by atoms with Gasteiger partial charge in [-0.05, 0) is 18.6 Å². The molecule has 0 aliphatic carbocycles. The first kappa shape index (κ1) is 17.8. The van der Waals surface area contributed by atoms with Gasteiger partial charge in [-0.2, -0.15) is 13.2 Å². The topological polar surface area (TPSA) is 32.3 Å². The van der Waals surface area contributed by atoms with Crippen LogP contribution in [0, 0.1) is 0 Å². The van der Waals surface area contributed by atoms with Crippen molar-refractivity contribution in [2.24, 2.45) is 0 Å². The highest BCUT2D eigenvalue weighted by atomic mass is 35.5. The van der Waals surface area contributed by atoms with Gasteiger partial charge in [-0.25, -0.2) is 0 Å². The number of hydrogen-bond acceptors (Lipinski definition) is 2. The van der Waals surface area contributed by atoms with Crippen LogP contribution >= 0.6 is 12.4 Å². The number of piperazine rings is 1. The molecular weight excluding hydrogens is 305 g/mol. The summed E-state index contributed by atoms with van der Waals surface area (Å²) in [6, 6.07) is 5.17. The van der Waals surface area contributed by atoms with Crippen molar-refractivity contribution in [2.75, 3.05) is 19.6 Å². The number of carbonyl (C=O) groups excluding carboxylic acids is 1. The molecule has 1 aliphatic heterocycles. The van der Waals surface area contributed by atoms with E-state index in [1.54, 1.807) is 11.0 Å². The van der Waals surface area contributed by atoms with Crippen LogP contribution in [-0.4, -0.2) is 36.5 Å². The molecule has 0 spiro atoms. The fourth-order valence-electron chi connectivity index (χ4n) is 2.30. The van der Waals surface area contributed by atoms with Crippen molar-refractivity contribution in [3.05, 3.63) is 35.4 Å². The lowest BCUT2D eigenvalue weighted by Gasteiger charge is -2.32. The summed E-state index contributed by atoms with van der Waals surface area (Å²) < 4.78 is 37.8. The second-order valence-corrected chi connectivity index (χ2v) is 5.07. The highest BCUT2D eigenvalue weighted by Crippen LogP contribution is 2.29. The summed E-state index contributed by atoms with van der Waals surface area (Å²) in [5, 5.41) is 3.22. The third-order valence-electron chi connectivity index (χ3n) is 3.33. The molecule has 0 aromatic heterocycles. The molecule has 1 aliphatic rings. The maximum Gasteiger partial charge on any atom is 0.416 e. The Kier molecular flexibility index (Phi) is 6.04. The highest BCUT2D eigenvalue weighted by molar-refractivity contribution is 5.85. The Hall–Kier alpha value is -1.27. The minimum absolute atomic E-state index is 0. The van der Waals surface area contributed by atoms with Crippen molar-refractivity contribution >= 4 is 18.3 Å². The number of nitrogens with zero attached hydrogens (tertiary/aromatic N) is 1. The van der Waals surface area contributed by atoms with Crippen LogP contribution < -0.4 is 5.32 Å². The number of rotatable bonds is 2. The smallest absolute Gasteiger partial charge is 0.340 e. The van der Waals surface area contributed by atoms with E-state index in [-0.39, 0.29) is 30.8 Å². The lowest BCUT2D eigenvalue weighted by atomic mass is 10.1. The molecule has 1 fully saturated rings. The van der Waals surface area contributed by atoms with Gasteiger partial charge < -0.3 is 10.2 Å². The largest absolute Gasteiger partial charge is 0.416 e. The van der Waals surface area contributed by atoms with Gasteiger partial charge in [0.2, 0.25) is 5.91 Å². The summed E-state index contributed by atoms with van der Waals surface area (Å²) in [4.78, 5) is 13.8. The van der Waals surface area contributed by atoms with Crippen LogP contribution in [-0.2, 0) is 17.4 Å². The van der Waals surface area contributed by atoms with E-state index < -0.39 is 11.7 Å². The first-order chi connectivity index (χ1) is 9.36. The van der Waals surface area contributed by atoms with Gasteiger partial charge in [0.25, 0.3) is 0 Å². The van der Waals surface area contributed by atoms with Gasteiger partial charge in [0.05, 0.1) is 12.0 Å². The molecule has 1 aromatic carbocycles. The quantitative estimate of drug-likeness (QED) is 0.907. The molecule has 2 rings (SSSR count). The highest BCUT2D eigenvalue weighted by Gasteiger charge is 2.30. The second-order valence-electron chi connectivity index (χ2n) is 5.07. The van der Waals surface area contributed by atoms with Gasteiger partial charge in [0.15, 0.2) is 0 Å². The molecule has 21 heavy (non-hydrogen) atoms. The maximum atomic E-state index is 12.6. The number of amides is 1. The summed E-state index contributed by atoms with van der Waals surface area (Å²) in [5.74, 6) is -0.127. The van der Waals surface area contributed by atoms with E-state index in [1.807, 2.05) is 6.92 Å². The number of alkyl halides is 3. The van der Waals surface area contributed by atoms with Gasteiger partial charge >= 0.3 is 6.18 Å². The first-order valence-electron chi connectivity index (χ1n) is 6.53. The van der Waals surface area contributed by atoms with Crippen LogP contribution in [0.5, 0.6) is 0 Å². The van der Waals surface area contributed by atoms with Crippen LogP contribution in [0.25, 0.3) is 0 Å². The molecule has 0 radical (unpaired) electrons. The fraction of sp³-hybridized carbons (Fsp3) is 0.500. The zero-order valence-electron chi connectivity index (χ0n) is 11.6. The van der Waals surface area contributed by atoms with Gasteiger partial charge in [0.1, 0.15) is 0 Å². The molecule has 1 unspecified atom stereocenters. The minimum atomic E-state index is -4.37. The van der Waals surface area contributed by atoms with Crippen molar-refractivity contribution in [1.82, 2.24) is 10.2 Å². The Morgan fingerprint density at radius 2 is 2.14 bits per heavy atom. The van der Waals surface area contributed by atoms with E-state index in [0.29, 0.717) is 18.7 Å². The number of carbonyl (C=O) groups is 1. The number of hydrogen-bond donors (Lipinski definition) is 1. The molecule has 3 nitrogen and oxygen atoms in total. The summed E-state index contributed by atoms with van der Waals surface area (Å²) in [7, 11) is 0. The Morgan fingerprint density at radius 1 is 1.43 bits per heavy atom. The van der Waals surface area contributed by atoms with Crippen LogP contribution in [0.3, 0.4) is 0 Å². The number of nitrogens with one attached hydrogen (secondary N) is 1. The summed E-state index contributed by atoms with van der Waals surface area (Å²) in [6.07, 6.45) is -4.36. The fourth-order valence-corrected chi connectivity index (χ4v) is 2.30. The molecule has 7 heteroatoms. The van der Waals surface area contributed by atoms with Crippen LogP contribution in [0.1, 0.15) is 18.1 Å². The molecule has 1 N–H and O–H groups in total. The van der Waals surface area contributed by atoms with E-state index in [9.17, 15) is 18.0 Å². The second kappa shape index (κ2) is 7.13. The predicted octanol–water partition coefficient (Wildman–Crippen LogP) is 2.49. The SMILES string of the molecule is CC1CN(C(=O)Cc2cccc(C(F)(F)F)c2)CCN1.Cl. The Bertz CT molecular complexity index is 493. The first-order valence-corrected chi connectivity index (χ1v) is 6.53. The number of halogens is 4. The monoisotopic (exact) mass is 322 g/mol. The van der Waals surface area contributed by atoms with Gasteiger partial charge in [0, 0.05) is 25.7 Å². The van der Waals surface area contributed by atoms with Crippen molar-refractivity contribution < 1.29 is 18.0 Å². The summed E-state index contributed by atoms with van der Waals surface area (Å²) in [5.41, 5.74) is -0.313. The van der Waals surface area contributed by atoms with Crippen LogP contribution in [0.15, 0.2) is 24.3 Å². The standard InChI is InChI=1S/C14H17F3N2O.ClH/c1-10-9-19(6-5-18-10)13(20)8-11-3-2-4-12(7-11)14(15,16)17;/h2-4,7,10,18H,5-6,8-9H2,1H3;1H. The molecule has 1 aromatic rings. The van der Waals surface area contributed by atoms with E-state index in [1.165, 1.54) is 6.07 Å².